The average Bonchev–Trinajstić information content (AvgIpc) is 2.74. The van der Waals surface area contributed by atoms with Crippen LogP contribution in [0.2, 0.25) is 0 Å². The van der Waals surface area contributed by atoms with Crippen LogP contribution in [0.25, 0.3) is 0 Å². The third-order valence-corrected chi connectivity index (χ3v) is 4.34. The molecule has 3 nitrogen and oxygen atoms in total. The summed E-state index contributed by atoms with van der Waals surface area (Å²) >= 11 is 0. The molecule has 0 radical (unpaired) electrons. The molecule has 0 aromatic rings. The van der Waals surface area contributed by atoms with Crippen molar-refractivity contribution in [1.29, 1.82) is 0 Å². The summed E-state index contributed by atoms with van der Waals surface area (Å²) in [5.41, 5.74) is 0. The van der Waals surface area contributed by atoms with Crippen LogP contribution in [0.5, 0.6) is 0 Å². The minimum atomic E-state index is 0.735. The number of rotatable bonds is 4. The normalized spacial score (nSPS) is 32.8. The van der Waals surface area contributed by atoms with Crippen LogP contribution in [0.15, 0.2) is 0 Å². The van der Waals surface area contributed by atoms with E-state index in [1.54, 1.807) is 0 Å². The van der Waals surface area contributed by atoms with Crippen molar-refractivity contribution >= 4 is 0 Å². The highest BCUT2D eigenvalue weighted by Gasteiger charge is 2.20. The van der Waals surface area contributed by atoms with E-state index in [0.29, 0.717) is 0 Å². The molecular weight excluding hydrogens is 210 g/mol. The molecule has 0 bridgehead atoms. The first-order valence-corrected chi connectivity index (χ1v) is 7.41. The summed E-state index contributed by atoms with van der Waals surface area (Å²) in [4.78, 5) is 5.17. The maximum absolute atomic E-state index is 3.60. The summed E-state index contributed by atoms with van der Waals surface area (Å²) in [7, 11) is 2.25. The molecule has 3 heteroatoms. The Bertz CT molecular complexity index is 214. The van der Waals surface area contributed by atoms with Crippen LogP contribution in [0.3, 0.4) is 0 Å². The van der Waals surface area contributed by atoms with E-state index in [4.69, 9.17) is 0 Å². The lowest BCUT2D eigenvalue weighted by molar-refractivity contribution is 0.197. The molecule has 0 aromatic carbocycles. The van der Waals surface area contributed by atoms with Crippen LogP contribution >= 0.6 is 0 Å². The van der Waals surface area contributed by atoms with Gasteiger partial charge in [0.2, 0.25) is 0 Å². The monoisotopic (exact) mass is 239 g/mol. The third-order valence-electron chi connectivity index (χ3n) is 4.34. The van der Waals surface area contributed by atoms with Gasteiger partial charge < -0.3 is 10.2 Å². The Morgan fingerprint density at radius 2 is 2.12 bits per heavy atom. The molecule has 2 aliphatic heterocycles. The van der Waals surface area contributed by atoms with Gasteiger partial charge in [0.1, 0.15) is 0 Å². The highest BCUT2D eigenvalue weighted by atomic mass is 15.2. The number of nitrogens with zero attached hydrogens (tertiary/aromatic N) is 2. The fourth-order valence-corrected chi connectivity index (χ4v) is 3.30. The minimum absolute atomic E-state index is 0.735. The fourth-order valence-electron chi connectivity index (χ4n) is 3.30. The van der Waals surface area contributed by atoms with E-state index in [0.717, 1.165) is 12.1 Å². The molecule has 0 aliphatic carbocycles. The predicted molar refractivity (Wildman–Crippen MR) is 73.4 cm³/mol. The summed E-state index contributed by atoms with van der Waals surface area (Å²) in [5, 5.41) is 3.60. The van der Waals surface area contributed by atoms with Gasteiger partial charge >= 0.3 is 0 Å². The van der Waals surface area contributed by atoms with Crippen LogP contribution in [0, 0.1) is 0 Å². The number of hydrogen-bond donors (Lipinski definition) is 1. The molecule has 0 saturated carbocycles. The Hall–Kier alpha value is -0.120. The quantitative estimate of drug-likeness (QED) is 0.803. The van der Waals surface area contributed by atoms with E-state index in [1.807, 2.05) is 0 Å². The Morgan fingerprint density at radius 1 is 1.24 bits per heavy atom. The lowest BCUT2D eigenvalue weighted by Gasteiger charge is -2.28. The highest BCUT2D eigenvalue weighted by Crippen LogP contribution is 2.13. The van der Waals surface area contributed by atoms with Gasteiger partial charge in [0, 0.05) is 18.6 Å². The smallest absolute Gasteiger partial charge is 0.0194 e. The predicted octanol–water partition coefficient (Wildman–Crippen LogP) is 1.54. The Kier molecular flexibility index (Phi) is 5.26. The van der Waals surface area contributed by atoms with E-state index < -0.39 is 0 Å². The zero-order chi connectivity index (χ0) is 12.1. The second-order valence-electron chi connectivity index (χ2n) is 5.94. The molecule has 17 heavy (non-hydrogen) atoms. The molecular formula is C14H29N3. The second kappa shape index (κ2) is 6.72. The molecule has 2 rings (SSSR count). The van der Waals surface area contributed by atoms with Crippen LogP contribution in [0.1, 0.15) is 39.0 Å². The molecule has 2 atom stereocenters. The molecule has 0 spiro atoms. The summed E-state index contributed by atoms with van der Waals surface area (Å²) in [5.74, 6) is 0. The van der Waals surface area contributed by atoms with Gasteiger partial charge in [-0.3, -0.25) is 4.90 Å². The van der Waals surface area contributed by atoms with Gasteiger partial charge in [-0.1, -0.05) is 0 Å². The molecule has 2 heterocycles. The van der Waals surface area contributed by atoms with Gasteiger partial charge in [-0.25, -0.2) is 0 Å². The van der Waals surface area contributed by atoms with Crippen molar-refractivity contribution in [2.45, 2.75) is 51.1 Å². The van der Waals surface area contributed by atoms with Gasteiger partial charge in [-0.05, 0) is 72.3 Å². The van der Waals surface area contributed by atoms with Crippen LogP contribution in [0.4, 0.5) is 0 Å². The first-order chi connectivity index (χ1) is 8.25. The summed E-state index contributed by atoms with van der Waals surface area (Å²) in [6.07, 6.45) is 6.86. The standard InChI is InChI=1S/C14H29N3/c1-13-12-16(2)9-5-11-17(13)10-4-7-14-6-3-8-15-14/h13-15H,3-12H2,1-2H3. The topological polar surface area (TPSA) is 18.5 Å². The van der Waals surface area contributed by atoms with Crippen molar-refractivity contribution in [3.05, 3.63) is 0 Å². The average molecular weight is 239 g/mol. The lowest BCUT2D eigenvalue weighted by atomic mass is 10.1. The van der Waals surface area contributed by atoms with E-state index in [2.05, 4.69) is 29.1 Å². The third kappa shape index (κ3) is 4.23. The largest absolute Gasteiger partial charge is 0.314 e. The Balaban J connectivity index is 1.66. The van der Waals surface area contributed by atoms with E-state index in [1.165, 1.54) is 64.8 Å². The molecule has 0 amide bonds. The minimum Gasteiger partial charge on any atom is -0.314 e. The Morgan fingerprint density at radius 3 is 2.88 bits per heavy atom. The molecule has 100 valence electrons. The molecule has 1 N–H and O–H groups in total. The van der Waals surface area contributed by atoms with Crippen molar-refractivity contribution in [3.8, 4) is 0 Å². The summed E-state index contributed by atoms with van der Waals surface area (Å²) in [6.45, 7) is 8.73. The second-order valence-corrected chi connectivity index (χ2v) is 5.94. The summed E-state index contributed by atoms with van der Waals surface area (Å²) < 4.78 is 0. The highest BCUT2D eigenvalue weighted by molar-refractivity contribution is 4.78. The van der Waals surface area contributed by atoms with Gasteiger partial charge in [0.05, 0.1) is 0 Å². The van der Waals surface area contributed by atoms with Crippen LogP contribution < -0.4 is 5.32 Å². The zero-order valence-electron chi connectivity index (χ0n) is 11.6. The number of likely N-dealkylation sites (N-methyl/N-ethyl adjacent to an activating group) is 1. The maximum atomic E-state index is 3.60. The SMILES string of the molecule is CC1CN(C)CCCN1CCCC1CCCN1. The fraction of sp³-hybridized carbons (Fsp3) is 1.00. The van der Waals surface area contributed by atoms with Crippen LogP contribution in [-0.4, -0.2) is 61.7 Å². The zero-order valence-corrected chi connectivity index (χ0v) is 11.6. The van der Waals surface area contributed by atoms with Crippen molar-refractivity contribution < 1.29 is 0 Å². The first-order valence-electron chi connectivity index (χ1n) is 7.41. The molecule has 2 aliphatic rings. The van der Waals surface area contributed by atoms with Crippen molar-refractivity contribution in [1.82, 2.24) is 15.1 Å². The molecule has 2 fully saturated rings. The maximum Gasteiger partial charge on any atom is 0.0194 e. The van der Waals surface area contributed by atoms with Crippen LogP contribution in [-0.2, 0) is 0 Å². The number of nitrogens with one attached hydrogen (secondary N) is 1. The van der Waals surface area contributed by atoms with E-state index in [9.17, 15) is 0 Å². The molecule has 2 unspecified atom stereocenters. The van der Waals surface area contributed by atoms with Gasteiger partial charge in [0.25, 0.3) is 0 Å². The van der Waals surface area contributed by atoms with Gasteiger partial charge in [-0.15, -0.1) is 0 Å². The number of hydrogen-bond acceptors (Lipinski definition) is 3. The Labute approximate surface area is 107 Å². The van der Waals surface area contributed by atoms with Gasteiger partial charge in [-0.2, -0.15) is 0 Å². The van der Waals surface area contributed by atoms with E-state index >= 15 is 0 Å². The molecule has 2 saturated heterocycles. The van der Waals surface area contributed by atoms with E-state index in [-0.39, 0.29) is 0 Å². The van der Waals surface area contributed by atoms with Gasteiger partial charge in [0.15, 0.2) is 0 Å². The lowest BCUT2D eigenvalue weighted by Crippen LogP contribution is -2.38. The molecule has 0 aromatic heterocycles. The van der Waals surface area contributed by atoms with Crippen molar-refractivity contribution in [2.24, 2.45) is 0 Å². The van der Waals surface area contributed by atoms with Crippen molar-refractivity contribution in [3.63, 3.8) is 0 Å². The summed E-state index contributed by atoms with van der Waals surface area (Å²) in [6, 6.07) is 1.55. The first kappa shape index (κ1) is 13.3. The van der Waals surface area contributed by atoms with Crippen molar-refractivity contribution in [2.75, 3.05) is 39.8 Å².